The first-order valence-corrected chi connectivity index (χ1v) is 9.38. The number of carbonyl (C=O) groups excluding carboxylic acids is 1. The van der Waals surface area contributed by atoms with Crippen LogP contribution in [0.15, 0.2) is 24.3 Å². The van der Waals surface area contributed by atoms with Crippen molar-refractivity contribution in [1.29, 1.82) is 0 Å². The van der Waals surface area contributed by atoms with E-state index in [2.05, 4.69) is 23.6 Å². The zero-order valence-corrected chi connectivity index (χ0v) is 15.7. The van der Waals surface area contributed by atoms with Gasteiger partial charge in [0.25, 0.3) is 0 Å². The molecule has 0 atom stereocenters. The average molecular weight is 347 g/mol. The second-order valence-electron chi connectivity index (χ2n) is 8.00. The molecule has 2 aliphatic rings. The SMILES string of the molecule is CC(C)CN1CCN(C)C(=O)C12CCN(Cc1ccc(F)cc1)CC2. The van der Waals surface area contributed by atoms with Gasteiger partial charge in [0.1, 0.15) is 11.4 Å². The summed E-state index contributed by atoms with van der Waals surface area (Å²) in [5, 5.41) is 0. The molecule has 0 saturated carbocycles. The molecule has 138 valence electrons. The molecular formula is C20H30FN3O. The van der Waals surface area contributed by atoms with E-state index in [0.29, 0.717) is 11.8 Å². The van der Waals surface area contributed by atoms with Crippen molar-refractivity contribution in [3.63, 3.8) is 0 Å². The minimum absolute atomic E-state index is 0.193. The Bertz CT molecular complexity index is 593. The fraction of sp³-hybridized carbons (Fsp3) is 0.650. The quantitative estimate of drug-likeness (QED) is 0.838. The lowest BCUT2D eigenvalue weighted by Gasteiger charge is -2.52. The normalized spacial score (nSPS) is 22.1. The summed E-state index contributed by atoms with van der Waals surface area (Å²) in [5.74, 6) is 0.660. The highest BCUT2D eigenvalue weighted by atomic mass is 19.1. The van der Waals surface area contributed by atoms with E-state index in [-0.39, 0.29) is 11.4 Å². The average Bonchev–Trinajstić information content (AvgIpc) is 2.59. The number of hydrogen-bond acceptors (Lipinski definition) is 3. The molecule has 5 heteroatoms. The highest BCUT2D eigenvalue weighted by Gasteiger charge is 2.49. The number of likely N-dealkylation sites (N-methyl/N-ethyl adjacent to an activating group) is 1. The van der Waals surface area contributed by atoms with Crippen LogP contribution in [0.25, 0.3) is 0 Å². The summed E-state index contributed by atoms with van der Waals surface area (Å²) in [4.78, 5) is 19.8. The lowest BCUT2D eigenvalue weighted by molar-refractivity contribution is -0.155. The monoisotopic (exact) mass is 347 g/mol. The van der Waals surface area contributed by atoms with Crippen molar-refractivity contribution in [2.24, 2.45) is 5.92 Å². The molecule has 0 N–H and O–H groups in total. The van der Waals surface area contributed by atoms with Gasteiger partial charge < -0.3 is 4.90 Å². The van der Waals surface area contributed by atoms with E-state index in [1.807, 2.05) is 24.1 Å². The number of carbonyl (C=O) groups is 1. The van der Waals surface area contributed by atoms with Crippen LogP contribution in [0.2, 0.25) is 0 Å². The van der Waals surface area contributed by atoms with E-state index in [9.17, 15) is 9.18 Å². The van der Waals surface area contributed by atoms with Gasteiger partial charge in [-0.2, -0.15) is 0 Å². The standard InChI is InChI=1S/C20H30FN3O/c1-16(2)14-24-13-12-22(3)19(25)20(24)8-10-23(11-9-20)15-17-4-6-18(21)7-5-17/h4-7,16H,8-15H2,1-3H3. The van der Waals surface area contributed by atoms with Gasteiger partial charge in [0.15, 0.2) is 0 Å². The Labute approximate surface area is 150 Å². The third-order valence-electron chi connectivity index (χ3n) is 5.64. The topological polar surface area (TPSA) is 26.8 Å². The summed E-state index contributed by atoms with van der Waals surface area (Å²) >= 11 is 0. The van der Waals surface area contributed by atoms with Gasteiger partial charge in [-0.05, 0) is 36.5 Å². The number of piperidine rings is 1. The van der Waals surface area contributed by atoms with Crippen molar-refractivity contribution in [3.8, 4) is 0 Å². The lowest BCUT2D eigenvalue weighted by atomic mass is 9.82. The fourth-order valence-electron chi connectivity index (χ4n) is 4.24. The Morgan fingerprint density at radius 2 is 1.72 bits per heavy atom. The number of rotatable bonds is 4. The molecule has 1 amide bonds. The zero-order valence-electron chi connectivity index (χ0n) is 15.7. The summed E-state index contributed by atoms with van der Waals surface area (Å²) in [6.45, 7) is 9.87. The van der Waals surface area contributed by atoms with E-state index >= 15 is 0 Å². The van der Waals surface area contributed by atoms with E-state index in [1.54, 1.807) is 0 Å². The smallest absolute Gasteiger partial charge is 0.242 e. The predicted octanol–water partition coefficient (Wildman–Crippen LogP) is 2.59. The minimum atomic E-state index is -0.323. The fourth-order valence-corrected chi connectivity index (χ4v) is 4.24. The van der Waals surface area contributed by atoms with Crippen LogP contribution in [0.4, 0.5) is 4.39 Å². The maximum atomic E-state index is 13.1. The molecule has 1 aromatic carbocycles. The van der Waals surface area contributed by atoms with E-state index in [4.69, 9.17) is 0 Å². The Hall–Kier alpha value is -1.46. The van der Waals surface area contributed by atoms with Crippen molar-refractivity contribution in [3.05, 3.63) is 35.6 Å². The molecule has 1 aromatic rings. The van der Waals surface area contributed by atoms with Gasteiger partial charge in [-0.1, -0.05) is 26.0 Å². The molecule has 3 rings (SSSR count). The first-order valence-electron chi connectivity index (χ1n) is 9.38. The lowest BCUT2D eigenvalue weighted by Crippen LogP contribution is -2.68. The van der Waals surface area contributed by atoms with Crippen molar-refractivity contribution >= 4 is 5.91 Å². The summed E-state index contributed by atoms with van der Waals surface area (Å²) in [6, 6.07) is 6.74. The maximum Gasteiger partial charge on any atom is 0.242 e. The van der Waals surface area contributed by atoms with E-state index in [0.717, 1.165) is 57.7 Å². The number of halogens is 1. The summed E-state index contributed by atoms with van der Waals surface area (Å²) < 4.78 is 13.1. The third-order valence-corrected chi connectivity index (χ3v) is 5.64. The largest absolute Gasteiger partial charge is 0.343 e. The Balaban J connectivity index is 1.68. The second kappa shape index (κ2) is 7.42. The summed E-state index contributed by atoms with van der Waals surface area (Å²) in [7, 11) is 1.93. The molecule has 0 aliphatic carbocycles. The van der Waals surface area contributed by atoms with Gasteiger partial charge in [0, 0.05) is 46.3 Å². The number of nitrogens with zero attached hydrogens (tertiary/aromatic N) is 3. The van der Waals surface area contributed by atoms with Crippen molar-refractivity contribution < 1.29 is 9.18 Å². The van der Waals surface area contributed by atoms with Gasteiger partial charge >= 0.3 is 0 Å². The van der Waals surface area contributed by atoms with Crippen LogP contribution in [0, 0.1) is 11.7 Å². The molecule has 2 saturated heterocycles. The Morgan fingerprint density at radius 1 is 1.08 bits per heavy atom. The number of amides is 1. The van der Waals surface area contributed by atoms with Crippen LogP contribution >= 0.6 is 0 Å². The second-order valence-corrected chi connectivity index (χ2v) is 8.00. The molecule has 1 spiro atoms. The summed E-state index contributed by atoms with van der Waals surface area (Å²) in [5.41, 5.74) is 0.805. The molecule has 0 radical (unpaired) electrons. The molecule has 0 bridgehead atoms. The molecule has 25 heavy (non-hydrogen) atoms. The molecule has 0 unspecified atom stereocenters. The number of benzene rings is 1. The molecule has 2 aliphatic heterocycles. The number of likely N-dealkylation sites (tertiary alicyclic amines) is 1. The minimum Gasteiger partial charge on any atom is -0.343 e. The van der Waals surface area contributed by atoms with Crippen molar-refractivity contribution in [1.82, 2.24) is 14.7 Å². The molecule has 2 heterocycles. The molecule has 2 fully saturated rings. The van der Waals surface area contributed by atoms with Crippen LogP contribution in [0.3, 0.4) is 0 Å². The highest BCUT2D eigenvalue weighted by molar-refractivity contribution is 5.87. The number of piperazine rings is 1. The maximum absolute atomic E-state index is 13.1. The van der Waals surface area contributed by atoms with E-state index in [1.165, 1.54) is 12.1 Å². The molecule has 4 nitrogen and oxygen atoms in total. The zero-order chi connectivity index (χ0) is 18.0. The first kappa shape index (κ1) is 18.3. The van der Waals surface area contributed by atoms with Gasteiger partial charge in [0.05, 0.1) is 0 Å². The molecular weight excluding hydrogens is 317 g/mol. The van der Waals surface area contributed by atoms with E-state index < -0.39 is 0 Å². The highest BCUT2D eigenvalue weighted by Crippen LogP contribution is 2.34. The van der Waals surface area contributed by atoms with Crippen molar-refractivity contribution in [2.45, 2.75) is 38.8 Å². The van der Waals surface area contributed by atoms with Crippen LogP contribution < -0.4 is 0 Å². The van der Waals surface area contributed by atoms with Crippen LogP contribution in [0.1, 0.15) is 32.3 Å². The van der Waals surface area contributed by atoms with Crippen molar-refractivity contribution in [2.75, 3.05) is 39.8 Å². The molecule has 0 aromatic heterocycles. The van der Waals surface area contributed by atoms with Crippen LogP contribution in [-0.2, 0) is 11.3 Å². The first-order chi connectivity index (χ1) is 11.9. The number of hydrogen-bond donors (Lipinski definition) is 0. The van der Waals surface area contributed by atoms with Gasteiger partial charge in [0.2, 0.25) is 5.91 Å². The van der Waals surface area contributed by atoms with Gasteiger partial charge in [-0.3, -0.25) is 14.6 Å². The summed E-state index contributed by atoms with van der Waals surface area (Å²) in [6.07, 6.45) is 1.76. The van der Waals surface area contributed by atoms with Gasteiger partial charge in [-0.15, -0.1) is 0 Å². The third kappa shape index (κ3) is 3.87. The van der Waals surface area contributed by atoms with Crippen LogP contribution in [-0.4, -0.2) is 65.9 Å². The Kier molecular flexibility index (Phi) is 5.44. The van der Waals surface area contributed by atoms with Gasteiger partial charge in [-0.25, -0.2) is 4.39 Å². The van der Waals surface area contributed by atoms with Crippen LogP contribution in [0.5, 0.6) is 0 Å². The predicted molar refractivity (Wildman–Crippen MR) is 97.7 cm³/mol. The Morgan fingerprint density at radius 3 is 2.32 bits per heavy atom.